The molecule has 0 unspecified atom stereocenters. The minimum Gasteiger partial charge on any atom is -0.504 e. The van der Waals surface area contributed by atoms with Gasteiger partial charge in [-0.05, 0) is 66.8 Å². The molecule has 1 N–H and O–H groups in total. The highest BCUT2D eigenvalue weighted by Gasteiger charge is 2.61. The van der Waals surface area contributed by atoms with Crippen LogP contribution in [0, 0.1) is 34.5 Å². The lowest BCUT2D eigenvalue weighted by atomic mass is 9.45. The molecule has 126 valence electrons. The number of carbonyl (C=O) groups excluding carboxylic acids is 2. The normalized spacial score (nSPS) is 49.7. The molecule has 0 saturated heterocycles. The first-order valence-corrected chi connectivity index (χ1v) is 9.28. The largest absolute Gasteiger partial charge is 0.504 e. The van der Waals surface area contributed by atoms with E-state index in [0.717, 1.165) is 44.1 Å². The van der Waals surface area contributed by atoms with Gasteiger partial charge >= 0.3 is 0 Å². The monoisotopic (exact) mass is 316 g/mol. The fraction of sp³-hybridized carbons (Fsp3) is 0.800. The number of hydrogen-bond acceptors (Lipinski definition) is 3. The molecule has 0 bridgehead atoms. The van der Waals surface area contributed by atoms with Crippen molar-refractivity contribution in [2.24, 2.45) is 34.5 Å². The van der Waals surface area contributed by atoms with Gasteiger partial charge in [-0.2, -0.15) is 0 Å². The average molecular weight is 316 g/mol. The molecule has 23 heavy (non-hydrogen) atoms. The smallest absolute Gasteiger partial charge is 0.197 e. The summed E-state index contributed by atoms with van der Waals surface area (Å²) in [5.41, 5.74) is 0.872. The zero-order valence-corrected chi connectivity index (χ0v) is 14.5. The zero-order chi connectivity index (χ0) is 16.6. The van der Waals surface area contributed by atoms with Crippen LogP contribution in [0.1, 0.15) is 65.7 Å². The Labute approximate surface area is 138 Å². The van der Waals surface area contributed by atoms with E-state index in [1.165, 1.54) is 0 Å². The van der Waals surface area contributed by atoms with Crippen LogP contribution in [0.25, 0.3) is 0 Å². The van der Waals surface area contributed by atoms with E-state index in [2.05, 4.69) is 20.8 Å². The first-order chi connectivity index (χ1) is 10.8. The molecule has 3 heteroatoms. The Morgan fingerprint density at radius 2 is 1.70 bits per heavy atom. The van der Waals surface area contributed by atoms with E-state index in [1.54, 1.807) is 0 Å². The van der Waals surface area contributed by atoms with E-state index >= 15 is 0 Å². The highest BCUT2D eigenvalue weighted by molar-refractivity contribution is 5.95. The fourth-order valence-electron chi connectivity index (χ4n) is 6.78. The van der Waals surface area contributed by atoms with Crippen molar-refractivity contribution in [3.05, 3.63) is 11.3 Å². The van der Waals surface area contributed by atoms with Gasteiger partial charge in [-0.3, -0.25) is 9.59 Å². The third-order valence-electron chi connectivity index (χ3n) is 8.15. The summed E-state index contributed by atoms with van der Waals surface area (Å²) in [4.78, 5) is 24.5. The van der Waals surface area contributed by atoms with Crippen molar-refractivity contribution >= 4 is 11.6 Å². The van der Waals surface area contributed by atoms with Gasteiger partial charge in [-0.1, -0.05) is 20.8 Å². The molecule has 0 amide bonds. The van der Waals surface area contributed by atoms with E-state index in [1.807, 2.05) is 0 Å². The number of Topliss-reactive ketones (excluding diaryl/α,β-unsaturated/α-hetero) is 2. The number of aliphatic hydroxyl groups excluding tert-OH is 1. The minimum absolute atomic E-state index is 0.0395. The summed E-state index contributed by atoms with van der Waals surface area (Å²) in [7, 11) is 0. The van der Waals surface area contributed by atoms with Crippen molar-refractivity contribution in [1.82, 2.24) is 0 Å². The number of aliphatic hydroxyl groups is 1. The number of rotatable bonds is 0. The van der Waals surface area contributed by atoms with Gasteiger partial charge < -0.3 is 5.11 Å². The Kier molecular flexibility index (Phi) is 3.15. The number of carbonyl (C=O) groups is 2. The fourth-order valence-corrected chi connectivity index (χ4v) is 6.78. The Morgan fingerprint density at radius 3 is 2.43 bits per heavy atom. The van der Waals surface area contributed by atoms with Gasteiger partial charge in [0.15, 0.2) is 11.5 Å². The summed E-state index contributed by atoms with van der Waals surface area (Å²) in [5.74, 6) is 2.50. The van der Waals surface area contributed by atoms with Crippen molar-refractivity contribution in [3.63, 3.8) is 0 Å². The number of allylic oxidation sites excluding steroid dienone is 1. The van der Waals surface area contributed by atoms with Crippen LogP contribution in [-0.2, 0) is 9.59 Å². The summed E-state index contributed by atoms with van der Waals surface area (Å²) in [6.07, 6.45) is 6.02. The maximum Gasteiger partial charge on any atom is 0.197 e. The molecule has 0 heterocycles. The van der Waals surface area contributed by atoms with Gasteiger partial charge in [0, 0.05) is 18.3 Å². The second kappa shape index (κ2) is 4.70. The van der Waals surface area contributed by atoms with Crippen LogP contribution in [0.5, 0.6) is 0 Å². The summed E-state index contributed by atoms with van der Waals surface area (Å²) in [5, 5.41) is 10.4. The lowest BCUT2D eigenvalue weighted by Gasteiger charge is -2.59. The molecule has 4 rings (SSSR count). The lowest BCUT2D eigenvalue weighted by molar-refractivity contribution is -0.135. The van der Waals surface area contributed by atoms with Crippen molar-refractivity contribution < 1.29 is 14.7 Å². The van der Waals surface area contributed by atoms with E-state index < -0.39 is 0 Å². The number of ketones is 2. The Balaban J connectivity index is 1.78. The Hall–Kier alpha value is -1.12. The molecule has 0 aromatic carbocycles. The van der Waals surface area contributed by atoms with E-state index in [0.29, 0.717) is 35.9 Å². The van der Waals surface area contributed by atoms with Gasteiger partial charge in [0.1, 0.15) is 5.78 Å². The first-order valence-electron chi connectivity index (χ1n) is 9.28. The van der Waals surface area contributed by atoms with Gasteiger partial charge in [-0.15, -0.1) is 0 Å². The molecule has 0 aliphatic heterocycles. The third-order valence-corrected chi connectivity index (χ3v) is 8.15. The molecular formula is C20H28O3. The Morgan fingerprint density at radius 1 is 1.00 bits per heavy atom. The lowest BCUT2D eigenvalue weighted by Crippen LogP contribution is -2.53. The summed E-state index contributed by atoms with van der Waals surface area (Å²) < 4.78 is 0. The standard InChI is InChI=1S/C20H28O3/c1-11-10-14-18(23)15(21)7-9-19(14,2)13-6-8-20(3)12(17(11)13)4-5-16(20)22/h11-13,17,23H,4-10H2,1-3H3/t11-,12+,13+,17+,19-,20+/m1/s1. The highest BCUT2D eigenvalue weighted by Crippen LogP contribution is 2.66. The minimum atomic E-state index is -0.112. The second-order valence-electron chi connectivity index (χ2n) is 9.06. The summed E-state index contributed by atoms with van der Waals surface area (Å²) in [6.45, 7) is 6.74. The van der Waals surface area contributed by atoms with Gasteiger partial charge in [0.05, 0.1) is 0 Å². The molecule has 4 aliphatic carbocycles. The maximum absolute atomic E-state index is 12.5. The van der Waals surface area contributed by atoms with Crippen LogP contribution in [-0.4, -0.2) is 16.7 Å². The van der Waals surface area contributed by atoms with E-state index in [-0.39, 0.29) is 22.4 Å². The molecule has 0 spiro atoms. The van der Waals surface area contributed by atoms with E-state index in [4.69, 9.17) is 0 Å². The predicted molar refractivity (Wildman–Crippen MR) is 87.8 cm³/mol. The third kappa shape index (κ3) is 1.82. The molecule has 3 saturated carbocycles. The van der Waals surface area contributed by atoms with Crippen molar-refractivity contribution in [2.75, 3.05) is 0 Å². The van der Waals surface area contributed by atoms with Gasteiger partial charge in [0.2, 0.25) is 0 Å². The zero-order valence-electron chi connectivity index (χ0n) is 14.5. The molecule has 3 nitrogen and oxygen atoms in total. The number of hydrogen-bond donors (Lipinski definition) is 1. The van der Waals surface area contributed by atoms with Gasteiger partial charge in [0.25, 0.3) is 0 Å². The Bertz CT molecular complexity index is 618. The second-order valence-corrected chi connectivity index (χ2v) is 9.06. The molecule has 3 fully saturated rings. The quantitative estimate of drug-likeness (QED) is 0.728. The highest BCUT2D eigenvalue weighted by atomic mass is 16.3. The molecule has 0 aromatic rings. The molecule has 0 radical (unpaired) electrons. The van der Waals surface area contributed by atoms with Crippen LogP contribution in [0.15, 0.2) is 11.3 Å². The molecule has 4 aliphatic rings. The van der Waals surface area contributed by atoms with Crippen molar-refractivity contribution in [3.8, 4) is 0 Å². The topological polar surface area (TPSA) is 54.4 Å². The van der Waals surface area contributed by atoms with Crippen LogP contribution in [0.3, 0.4) is 0 Å². The molecule has 6 atom stereocenters. The molecule has 0 aromatic heterocycles. The van der Waals surface area contributed by atoms with Crippen LogP contribution < -0.4 is 0 Å². The summed E-state index contributed by atoms with van der Waals surface area (Å²) >= 11 is 0. The van der Waals surface area contributed by atoms with Crippen LogP contribution in [0.4, 0.5) is 0 Å². The first kappa shape index (κ1) is 15.4. The number of fused-ring (bicyclic) bond motifs is 5. The van der Waals surface area contributed by atoms with Crippen molar-refractivity contribution in [1.29, 1.82) is 0 Å². The SMILES string of the molecule is C[C@@H]1CC2=C(O)C(=O)CC[C@]2(C)[C@H]2CC[C@]3(C)C(=O)CC[C@H]3[C@H]12. The van der Waals surface area contributed by atoms with Crippen LogP contribution in [0.2, 0.25) is 0 Å². The predicted octanol–water partition coefficient (Wildman–Crippen LogP) is 4.22. The average Bonchev–Trinajstić information content (AvgIpc) is 2.82. The van der Waals surface area contributed by atoms with E-state index in [9.17, 15) is 14.7 Å². The summed E-state index contributed by atoms with van der Waals surface area (Å²) in [6, 6.07) is 0. The maximum atomic E-state index is 12.5. The van der Waals surface area contributed by atoms with Gasteiger partial charge in [-0.25, -0.2) is 0 Å². The molecular weight excluding hydrogens is 288 g/mol. The van der Waals surface area contributed by atoms with Crippen LogP contribution >= 0.6 is 0 Å². The van der Waals surface area contributed by atoms with Crippen molar-refractivity contribution in [2.45, 2.75) is 65.7 Å².